The van der Waals surface area contributed by atoms with Crippen molar-refractivity contribution in [3.63, 3.8) is 0 Å². The molecule has 0 atom stereocenters. The average molecular weight is 207 g/mol. The summed E-state index contributed by atoms with van der Waals surface area (Å²) in [6.45, 7) is 15.9. The van der Waals surface area contributed by atoms with Crippen LogP contribution in [-0.2, 0) is 5.54 Å². The molecular formula is C14H25N. The van der Waals surface area contributed by atoms with Gasteiger partial charge in [0.2, 0.25) is 0 Å². The monoisotopic (exact) mass is 207 g/mol. The largest absolute Gasteiger partial charge is 0.346 e. The average Bonchev–Trinajstić information content (AvgIpc) is 2.45. The van der Waals surface area contributed by atoms with E-state index in [1.807, 2.05) is 0 Å². The molecule has 0 aliphatic rings. The molecule has 1 nitrogen and oxygen atoms in total. The molecule has 0 saturated carbocycles. The molecule has 0 saturated heterocycles. The van der Waals surface area contributed by atoms with Gasteiger partial charge in [-0.15, -0.1) is 0 Å². The second-order valence-corrected chi connectivity index (χ2v) is 6.01. The zero-order chi connectivity index (χ0) is 11.8. The summed E-state index contributed by atoms with van der Waals surface area (Å²) in [6.07, 6.45) is 2.24. The maximum absolute atomic E-state index is 2.42. The fourth-order valence-electron chi connectivity index (χ4n) is 2.14. The number of hydrogen-bond donors (Lipinski definition) is 0. The third-order valence-corrected chi connectivity index (χ3v) is 2.85. The first kappa shape index (κ1) is 12.4. The predicted octanol–water partition coefficient (Wildman–Crippen LogP) is 4.49. The van der Waals surface area contributed by atoms with Crippen molar-refractivity contribution in [3.05, 3.63) is 23.5 Å². The van der Waals surface area contributed by atoms with Crippen molar-refractivity contribution in [2.24, 2.45) is 0 Å². The Bertz CT molecular complexity index is 324. The van der Waals surface area contributed by atoms with Crippen LogP contribution in [0.4, 0.5) is 0 Å². The summed E-state index contributed by atoms with van der Waals surface area (Å²) < 4.78 is 2.42. The molecule has 1 heteroatoms. The predicted molar refractivity (Wildman–Crippen MR) is 67.6 cm³/mol. The van der Waals surface area contributed by atoms with Crippen molar-refractivity contribution in [1.82, 2.24) is 4.57 Å². The van der Waals surface area contributed by atoms with E-state index in [0.717, 1.165) is 0 Å². The van der Waals surface area contributed by atoms with Crippen LogP contribution in [0.2, 0.25) is 0 Å². The van der Waals surface area contributed by atoms with Gasteiger partial charge in [0.05, 0.1) is 0 Å². The third-order valence-electron chi connectivity index (χ3n) is 2.85. The summed E-state index contributed by atoms with van der Waals surface area (Å²) in [5.41, 5.74) is 3.18. The van der Waals surface area contributed by atoms with Crippen LogP contribution >= 0.6 is 0 Å². The minimum Gasteiger partial charge on any atom is -0.346 e. The molecule has 0 aliphatic heterocycles. The van der Waals surface area contributed by atoms with Crippen LogP contribution in [0.15, 0.2) is 12.3 Å². The highest BCUT2D eigenvalue weighted by molar-refractivity contribution is 5.29. The van der Waals surface area contributed by atoms with E-state index < -0.39 is 0 Å². The molecule has 0 fully saturated rings. The fraction of sp³-hybridized carbons (Fsp3) is 0.714. The number of nitrogens with zero attached hydrogens (tertiary/aromatic N) is 1. The zero-order valence-electron chi connectivity index (χ0n) is 11.3. The topological polar surface area (TPSA) is 4.93 Å². The van der Waals surface area contributed by atoms with Gasteiger partial charge in [0.25, 0.3) is 0 Å². The standard InChI is InChI=1S/C14H25N/c1-10(2)12-8-9-15(14(5,6)7)13(12)11(3)4/h8-11H,1-7H3. The second-order valence-electron chi connectivity index (χ2n) is 6.01. The van der Waals surface area contributed by atoms with E-state index in [1.54, 1.807) is 0 Å². The maximum atomic E-state index is 2.42. The van der Waals surface area contributed by atoms with Gasteiger partial charge in [-0.25, -0.2) is 0 Å². The van der Waals surface area contributed by atoms with Crippen molar-refractivity contribution in [3.8, 4) is 0 Å². The summed E-state index contributed by atoms with van der Waals surface area (Å²) in [6, 6.07) is 2.28. The zero-order valence-corrected chi connectivity index (χ0v) is 11.3. The van der Waals surface area contributed by atoms with Crippen LogP contribution in [0.5, 0.6) is 0 Å². The van der Waals surface area contributed by atoms with Gasteiger partial charge in [0.1, 0.15) is 0 Å². The summed E-state index contributed by atoms with van der Waals surface area (Å²) in [7, 11) is 0. The SMILES string of the molecule is CC(C)c1ccn(C(C)(C)C)c1C(C)C. The molecule has 15 heavy (non-hydrogen) atoms. The van der Waals surface area contributed by atoms with Gasteiger partial charge >= 0.3 is 0 Å². The lowest BCUT2D eigenvalue weighted by Gasteiger charge is -2.27. The lowest BCUT2D eigenvalue weighted by atomic mass is 9.96. The highest BCUT2D eigenvalue weighted by atomic mass is 15.0. The summed E-state index contributed by atoms with van der Waals surface area (Å²) in [5, 5.41) is 0. The van der Waals surface area contributed by atoms with E-state index in [-0.39, 0.29) is 5.54 Å². The molecule has 1 aromatic rings. The van der Waals surface area contributed by atoms with Crippen LogP contribution in [-0.4, -0.2) is 4.57 Å². The highest BCUT2D eigenvalue weighted by Crippen LogP contribution is 2.31. The Morgan fingerprint density at radius 1 is 1.00 bits per heavy atom. The molecule has 0 amide bonds. The molecule has 0 N–H and O–H groups in total. The van der Waals surface area contributed by atoms with E-state index >= 15 is 0 Å². The van der Waals surface area contributed by atoms with E-state index in [9.17, 15) is 0 Å². The molecule has 1 rings (SSSR count). The van der Waals surface area contributed by atoms with Crippen LogP contribution in [0, 0.1) is 0 Å². The van der Waals surface area contributed by atoms with Gasteiger partial charge < -0.3 is 4.57 Å². The van der Waals surface area contributed by atoms with Gasteiger partial charge in [-0.05, 0) is 44.2 Å². The Morgan fingerprint density at radius 2 is 1.53 bits per heavy atom. The summed E-state index contributed by atoms with van der Waals surface area (Å²) in [4.78, 5) is 0. The normalized spacial score (nSPS) is 12.9. The molecule has 1 aromatic heterocycles. The quantitative estimate of drug-likeness (QED) is 0.673. The van der Waals surface area contributed by atoms with Crippen molar-refractivity contribution >= 4 is 0 Å². The number of hydrogen-bond acceptors (Lipinski definition) is 0. The molecule has 0 unspecified atom stereocenters. The van der Waals surface area contributed by atoms with Gasteiger partial charge in [0.15, 0.2) is 0 Å². The van der Waals surface area contributed by atoms with E-state index in [4.69, 9.17) is 0 Å². The van der Waals surface area contributed by atoms with E-state index in [0.29, 0.717) is 11.8 Å². The number of rotatable bonds is 2. The van der Waals surface area contributed by atoms with Gasteiger partial charge in [-0.1, -0.05) is 27.7 Å². The molecule has 0 aliphatic carbocycles. The Morgan fingerprint density at radius 3 is 1.87 bits per heavy atom. The second kappa shape index (κ2) is 4.03. The van der Waals surface area contributed by atoms with Crippen LogP contribution in [0.25, 0.3) is 0 Å². The van der Waals surface area contributed by atoms with Crippen molar-refractivity contribution in [1.29, 1.82) is 0 Å². The first-order chi connectivity index (χ1) is 6.75. The summed E-state index contributed by atoms with van der Waals surface area (Å²) in [5.74, 6) is 1.21. The molecule has 0 radical (unpaired) electrons. The Balaban J connectivity index is 3.31. The molecule has 0 spiro atoms. The van der Waals surface area contributed by atoms with Crippen LogP contribution in [0.3, 0.4) is 0 Å². The minimum absolute atomic E-state index is 0.187. The molecule has 0 aromatic carbocycles. The molecule has 0 bridgehead atoms. The third kappa shape index (κ3) is 2.45. The molecular weight excluding hydrogens is 182 g/mol. The smallest absolute Gasteiger partial charge is 0.0358 e. The number of aromatic nitrogens is 1. The summed E-state index contributed by atoms with van der Waals surface area (Å²) >= 11 is 0. The van der Waals surface area contributed by atoms with Gasteiger partial charge in [0, 0.05) is 17.4 Å². The minimum atomic E-state index is 0.187. The Kier molecular flexibility index (Phi) is 3.32. The Hall–Kier alpha value is -0.720. The first-order valence-electron chi connectivity index (χ1n) is 5.96. The van der Waals surface area contributed by atoms with Gasteiger partial charge in [-0.3, -0.25) is 0 Å². The van der Waals surface area contributed by atoms with Crippen molar-refractivity contribution in [2.45, 2.75) is 65.8 Å². The van der Waals surface area contributed by atoms with Gasteiger partial charge in [-0.2, -0.15) is 0 Å². The lowest BCUT2D eigenvalue weighted by Crippen LogP contribution is -2.24. The first-order valence-corrected chi connectivity index (χ1v) is 5.96. The van der Waals surface area contributed by atoms with Crippen molar-refractivity contribution in [2.75, 3.05) is 0 Å². The Labute approximate surface area is 94.5 Å². The highest BCUT2D eigenvalue weighted by Gasteiger charge is 2.21. The van der Waals surface area contributed by atoms with E-state index in [1.165, 1.54) is 11.3 Å². The van der Waals surface area contributed by atoms with Crippen LogP contribution in [0.1, 0.15) is 71.6 Å². The lowest BCUT2D eigenvalue weighted by molar-refractivity contribution is 0.379. The molecule has 1 heterocycles. The van der Waals surface area contributed by atoms with E-state index in [2.05, 4.69) is 65.3 Å². The van der Waals surface area contributed by atoms with Crippen LogP contribution < -0.4 is 0 Å². The van der Waals surface area contributed by atoms with Crippen molar-refractivity contribution < 1.29 is 0 Å². The fourth-order valence-corrected chi connectivity index (χ4v) is 2.14. The maximum Gasteiger partial charge on any atom is 0.0358 e. The molecule has 86 valence electrons.